The Hall–Kier alpha value is -0.120. The molecule has 0 aromatic rings. The van der Waals surface area contributed by atoms with E-state index in [4.69, 9.17) is 0 Å². The van der Waals surface area contributed by atoms with Gasteiger partial charge in [0.15, 0.2) is 0 Å². The van der Waals surface area contributed by atoms with E-state index in [-0.39, 0.29) is 0 Å². The SMILES string of the molecule is CCCNC(CN(CC)CCCN(C)C)C1CCCCC1. The summed E-state index contributed by atoms with van der Waals surface area (Å²) in [5.74, 6) is 0.910. The van der Waals surface area contributed by atoms with Crippen LogP contribution in [0.15, 0.2) is 0 Å². The highest BCUT2D eigenvalue weighted by Crippen LogP contribution is 2.27. The van der Waals surface area contributed by atoms with Gasteiger partial charge in [0, 0.05) is 12.6 Å². The molecular weight excluding hydrogens is 258 g/mol. The molecule has 1 aliphatic carbocycles. The van der Waals surface area contributed by atoms with Gasteiger partial charge in [-0.2, -0.15) is 0 Å². The third-order valence-electron chi connectivity index (χ3n) is 4.86. The van der Waals surface area contributed by atoms with E-state index >= 15 is 0 Å². The molecule has 3 heteroatoms. The molecule has 1 rings (SSSR count). The Labute approximate surface area is 133 Å². The smallest absolute Gasteiger partial charge is 0.0223 e. The van der Waals surface area contributed by atoms with Gasteiger partial charge < -0.3 is 15.1 Å². The van der Waals surface area contributed by atoms with Crippen LogP contribution in [0.2, 0.25) is 0 Å². The van der Waals surface area contributed by atoms with E-state index < -0.39 is 0 Å². The summed E-state index contributed by atoms with van der Waals surface area (Å²) < 4.78 is 0. The zero-order valence-corrected chi connectivity index (χ0v) is 15.0. The van der Waals surface area contributed by atoms with Crippen LogP contribution in [0, 0.1) is 5.92 Å². The third-order valence-corrected chi connectivity index (χ3v) is 4.86. The van der Waals surface area contributed by atoms with Gasteiger partial charge in [0.2, 0.25) is 0 Å². The average molecular weight is 298 g/mol. The van der Waals surface area contributed by atoms with Crippen LogP contribution < -0.4 is 5.32 Å². The van der Waals surface area contributed by atoms with Crippen LogP contribution in [0.3, 0.4) is 0 Å². The fourth-order valence-corrected chi connectivity index (χ4v) is 3.51. The Balaban J connectivity index is 2.43. The second-order valence-electron chi connectivity index (χ2n) is 7.01. The number of nitrogens with zero attached hydrogens (tertiary/aromatic N) is 2. The molecule has 0 radical (unpaired) electrons. The molecule has 0 aromatic carbocycles. The van der Waals surface area contributed by atoms with Crippen molar-refractivity contribution in [3.8, 4) is 0 Å². The highest BCUT2D eigenvalue weighted by atomic mass is 15.2. The van der Waals surface area contributed by atoms with Gasteiger partial charge in [-0.1, -0.05) is 33.1 Å². The number of hydrogen-bond donors (Lipinski definition) is 1. The van der Waals surface area contributed by atoms with Gasteiger partial charge in [0.25, 0.3) is 0 Å². The number of likely N-dealkylation sites (N-methyl/N-ethyl adjacent to an activating group) is 1. The Morgan fingerprint density at radius 3 is 2.33 bits per heavy atom. The van der Waals surface area contributed by atoms with Crippen LogP contribution in [0.4, 0.5) is 0 Å². The van der Waals surface area contributed by atoms with Crippen molar-refractivity contribution in [1.29, 1.82) is 0 Å². The van der Waals surface area contributed by atoms with E-state index in [2.05, 4.69) is 43.1 Å². The summed E-state index contributed by atoms with van der Waals surface area (Å²) in [4.78, 5) is 4.95. The predicted octanol–water partition coefficient (Wildman–Crippen LogP) is 3.21. The van der Waals surface area contributed by atoms with Crippen molar-refractivity contribution in [1.82, 2.24) is 15.1 Å². The summed E-state index contributed by atoms with van der Waals surface area (Å²) in [5.41, 5.74) is 0. The largest absolute Gasteiger partial charge is 0.312 e. The molecule has 1 aliphatic rings. The monoisotopic (exact) mass is 297 g/mol. The quantitative estimate of drug-likeness (QED) is 0.632. The molecule has 1 N–H and O–H groups in total. The van der Waals surface area contributed by atoms with Crippen LogP contribution in [0.25, 0.3) is 0 Å². The topological polar surface area (TPSA) is 18.5 Å². The minimum absolute atomic E-state index is 0.713. The summed E-state index contributed by atoms with van der Waals surface area (Å²) in [6.45, 7) is 10.6. The molecule has 1 fully saturated rings. The van der Waals surface area contributed by atoms with Crippen molar-refractivity contribution in [3.05, 3.63) is 0 Å². The minimum Gasteiger partial charge on any atom is -0.312 e. The summed E-state index contributed by atoms with van der Waals surface area (Å²) in [6, 6.07) is 0.713. The lowest BCUT2D eigenvalue weighted by molar-refractivity contribution is 0.183. The van der Waals surface area contributed by atoms with Gasteiger partial charge >= 0.3 is 0 Å². The van der Waals surface area contributed by atoms with Crippen LogP contribution >= 0.6 is 0 Å². The summed E-state index contributed by atoms with van der Waals surface area (Å²) in [7, 11) is 4.34. The van der Waals surface area contributed by atoms with E-state index in [1.165, 1.54) is 77.7 Å². The van der Waals surface area contributed by atoms with E-state index in [0.717, 1.165) is 5.92 Å². The molecule has 3 nitrogen and oxygen atoms in total. The Morgan fingerprint density at radius 1 is 1.05 bits per heavy atom. The highest BCUT2D eigenvalue weighted by molar-refractivity contribution is 4.82. The van der Waals surface area contributed by atoms with Crippen molar-refractivity contribution in [2.24, 2.45) is 5.92 Å². The minimum atomic E-state index is 0.713. The van der Waals surface area contributed by atoms with Gasteiger partial charge in [0.1, 0.15) is 0 Å². The van der Waals surface area contributed by atoms with E-state index in [9.17, 15) is 0 Å². The summed E-state index contributed by atoms with van der Waals surface area (Å²) in [6.07, 6.45) is 9.76. The first-order valence-corrected chi connectivity index (χ1v) is 9.27. The lowest BCUT2D eigenvalue weighted by Crippen LogP contribution is -2.47. The summed E-state index contributed by atoms with van der Waals surface area (Å²) >= 11 is 0. The summed E-state index contributed by atoms with van der Waals surface area (Å²) in [5, 5.41) is 3.85. The van der Waals surface area contributed by atoms with Crippen molar-refractivity contribution in [3.63, 3.8) is 0 Å². The Morgan fingerprint density at radius 2 is 1.76 bits per heavy atom. The molecule has 0 bridgehead atoms. The maximum atomic E-state index is 3.85. The number of nitrogens with one attached hydrogen (secondary N) is 1. The van der Waals surface area contributed by atoms with Crippen LogP contribution in [-0.2, 0) is 0 Å². The fraction of sp³-hybridized carbons (Fsp3) is 1.00. The molecule has 0 amide bonds. The van der Waals surface area contributed by atoms with Gasteiger partial charge in [0.05, 0.1) is 0 Å². The van der Waals surface area contributed by atoms with Crippen LogP contribution in [0.5, 0.6) is 0 Å². The molecule has 1 atom stereocenters. The van der Waals surface area contributed by atoms with Gasteiger partial charge in [-0.25, -0.2) is 0 Å². The van der Waals surface area contributed by atoms with E-state index in [1.54, 1.807) is 0 Å². The zero-order valence-electron chi connectivity index (χ0n) is 15.0. The second kappa shape index (κ2) is 11.4. The first kappa shape index (κ1) is 18.9. The molecule has 0 heterocycles. The molecule has 21 heavy (non-hydrogen) atoms. The Kier molecular flexibility index (Phi) is 10.3. The molecule has 0 aliphatic heterocycles. The molecule has 0 saturated heterocycles. The normalized spacial score (nSPS) is 18.6. The molecule has 1 unspecified atom stereocenters. The second-order valence-corrected chi connectivity index (χ2v) is 7.01. The van der Waals surface area contributed by atoms with Crippen molar-refractivity contribution in [2.75, 3.05) is 46.8 Å². The van der Waals surface area contributed by atoms with Gasteiger partial charge in [-0.15, -0.1) is 0 Å². The number of rotatable bonds is 11. The number of hydrogen-bond acceptors (Lipinski definition) is 3. The van der Waals surface area contributed by atoms with Crippen molar-refractivity contribution < 1.29 is 0 Å². The standard InChI is InChI=1S/C18H39N3/c1-5-13-19-18(17-11-8-7-9-12-17)16-21(6-2)15-10-14-20(3)4/h17-19H,5-16H2,1-4H3. The van der Waals surface area contributed by atoms with E-state index in [0.29, 0.717) is 6.04 Å². The first-order valence-electron chi connectivity index (χ1n) is 9.27. The zero-order chi connectivity index (χ0) is 15.5. The molecule has 0 spiro atoms. The maximum absolute atomic E-state index is 3.85. The van der Waals surface area contributed by atoms with Crippen LogP contribution in [0.1, 0.15) is 58.8 Å². The Bertz CT molecular complexity index is 237. The van der Waals surface area contributed by atoms with Crippen molar-refractivity contribution >= 4 is 0 Å². The molecule has 126 valence electrons. The molecule has 0 aromatic heterocycles. The lowest BCUT2D eigenvalue weighted by Gasteiger charge is -2.35. The first-order chi connectivity index (χ1) is 10.2. The molecule has 1 saturated carbocycles. The maximum Gasteiger partial charge on any atom is 0.0223 e. The van der Waals surface area contributed by atoms with E-state index in [1.807, 2.05) is 0 Å². The van der Waals surface area contributed by atoms with Crippen molar-refractivity contribution in [2.45, 2.75) is 64.8 Å². The molecular formula is C18H39N3. The predicted molar refractivity (Wildman–Crippen MR) is 93.9 cm³/mol. The third kappa shape index (κ3) is 8.18. The highest BCUT2D eigenvalue weighted by Gasteiger charge is 2.24. The van der Waals surface area contributed by atoms with Gasteiger partial charge in [-0.05, 0) is 71.9 Å². The van der Waals surface area contributed by atoms with Gasteiger partial charge in [-0.3, -0.25) is 0 Å². The fourth-order valence-electron chi connectivity index (χ4n) is 3.51. The van der Waals surface area contributed by atoms with Crippen LogP contribution in [-0.4, -0.2) is 62.7 Å². The average Bonchev–Trinajstić information content (AvgIpc) is 2.50. The lowest BCUT2D eigenvalue weighted by atomic mass is 9.83.